The Morgan fingerprint density at radius 2 is 2.12 bits per heavy atom. The maximum Gasteiger partial charge on any atom is 0.263 e. The third-order valence-electron chi connectivity index (χ3n) is 3.90. The number of benzene rings is 1. The van der Waals surface area contributed by atoms with Crippen molar-refractivity contribution in [3.05, 3.63) is 45.8 Å². The number of hydrogen-bond donors (Lipinski definition) is 0. The first kappa shape index (κ1) is 17.6. The summed E-state index contributed by atoms with van der Waals surface area (Å²) in [6, 6.07) is 8.25. The van der Waals surface area contributed by atoms with E-state index < -0.39 is 0 Å². The molecule has 3 aromatic rings. The van der Waals surface area contributed by atoms with Crippen LogP contribution in [0.3, 0.4) is 0 Å². The maximum absolute atomic E-state index is 13.2. The van der Waals surface area contributed by atoms with Crippen LogP contribution in [0.2, 0.25) is 0 Å². The zero-order valence-electron chi connectivity index (χ0n) is 13.8. The first-order valence-electron chi connectivity index (χ1n) is 7.79. The molecule has 0 saturated heterocycles. The fraction of sp³-hybridized carbons (Fsp3) is 0.278. The van der Waals surface area contributed by atoms with Gasteiger partial charge < -0.3 is 0 Å². The molecule has 0 aliphatic carbocycles. The lowest BCUT2D eigenvalue weighted by Crippen LogP contribution is -2.20. The lowest BCUT2D eigenvalue weighted by molar-refractivity contribution is 0.628. The Labute approximate surface area is 152 Å². The zero-order valence-corrected chi connectivity index (χ0v) is 15.5. The van der Waals surface area contributed by atoms with E-state index in [0.717, 1.165) is 17.5 Å². The van der Waals surface area contributed by atoms with Crippen LogP contribution in [0.5, 0.6) is 0 Å². The van der Waals surface area contributed by atoms with Crippen LogP contribution in [-0.2, 0) is 7.05 Å². The van der Waals surface area contributed by atoms with E-state index in [-0.39, 0.29) is 16.6 Å². The number of thiophene rings is 1. The smallest absolute Gasteiger partial charge is 0.263 e. The monoisotopic (exact) mass is 373 g/mol. The van der Waals surface area contributed by atoms with Crippen LogP contribution in [-0.4, -0.2) is 14.8 Å². The predicted octanol–water partition coefficient (Wildman–Crippen LogP) is 4.59. The Hall–Kier alpha value is -2.17. The third kappa shape index (κ3) is 3.60. The van der Waals surface area contributed by atoms with Crippen LogP contribution in [0, 0.1) is 17.1 Å². The molecule has 0 aliphatic heterocycles. The molecule has 1 atom stereocenters. The summed E-state index contributed by atoms with van der Waals surface area (Å²) < 4.78 is 14.7. The number of nitriles is 1. The minimum atomic E-state index is -0.306. The molecule has 2 aromatic heterocycles. The van der Waals surface area contributed by atoms with Crippen LogP contribution >= 0.6 is 23.1 Å². The molecule has 0 N–H and O–H groups in total. The molecule has 1 aromatic carbocycles. The first-order valence-corrected chi connectivity index (χ1v) is 9.55. The summed E-state index contributed by atoms with van der Waals surface area (Å²) in [5.74, 6) is -0.306. The van der Waals surface area contributed by atoms with Crippen molar-refractivity contribution in [2.24, 2.45) is 7.05 Å². The van der Waals surface area contributed by atoms with Crippen molar-refractivity contribution in [1.29, 1.82) is 5.26 Å². The van der Waals surface area contributed by atoms with Gasteiger partial charge in [0.25, 0.3) is 5.56 Å². The molecule has 7 heteroatoms. The van der Waals surface area contributed by atoms with Gasteiger partial charge in [0, 0.05) is 29.7 Å². The third-order valence-corrected chi connectivity index (χ3v) is 5.98. The van der Waals surface area contributed by atoms with Gasteiger partial charge in [-0.15, -0.1) is 11.3 Å². The lowest BCUT2D eigenvalue weighted by Gasteiger charge is -2.12. The van der Waals surface area contributed by atoms with E-state index in [2.05, 4.69) is 11.1 Å². The normalized spacial score (nSPS) is 12.2. The van der Waals surface area contributed by atoms with Crippen LogP contribution in [0.25, 0.3) is 21.3 Å². The van der Waals surface area contributed by atoms with Gasteiger partial charge in [0.15, 0.2) is 5.16 Å². The molecule has 128 valence electrons. The largest absolute Gasteiger partial charge is 0.290 e. The van der Waals surface area contributed by atoms with Gasteiger partial charge >= 0.3 is 0 Å². The Balaban J connectivity index is 2.03. The van der Waals surface area contributed by atoms with Crippen LogP contribution in [0.4, 0.5) is 4.39 Å². The zero-order chi connectivity index (χ0) is 18.0. The van der Waals surface area contributed by atoms with Crippen molar-refractivity contribution in [2.75, 3.05) is 0 Å². The molecule has 4 nitrogen and oxygen atoms in total. The average molecular weight is 373 g/mol. The Bertz CT molecular complexity index is 1000. The van der Waals surface area contributed by atoms with Crippen LogP contribution in [0.15, 0.2) is 39.6 Å². The highest BCUT2D eigenvalue weighted by Crippen LogP contribution is 2.33. The fourth-order valence-corrected chi connectivity index (χ4v) is 4.48. The molecule has 3 rings (SSSR count). The van der Waals surface area contributed by atoms with Gasteiger partial charge in [-0.25, -0.2) is 9.37 Å². The van der Waals surface area contributed by atoms with Crippen LogP contribution < -0.4 is 5.56 Å². The van der Waals surface area contributed by atoms with Gasteiger partial charge in [-0.2, -0.15) is 5.26 Å². The highest BCUT2D eigenvalue weighted by atomic mass is 32.2. The molecule has 0 spiro atoms. The molecule has 0 radical (unpaired) electrons. The maximum atomic E-state index is 13.2. The summed E-state index contributed by atoms with van der Waals surface area (Å²) >= 11 is 2.92. The molecule has 0 aliphatic rings. The van der Waals surface area contributed by atoms with Crippen molar-refractivity contribution < 1.29 is 4.39 Å². The molecule has 0 amide bonds. The second kappa shape index (κ2) is 7.38. The van der Waals surface area contributed by atoms with E-state index in [4.69, 9.17) is 5.26 Å². The molecule has 25 heavy (non-hydrogen) atoms. The number of halogens is 1. The van der Waals surface area contributed by atoms with Gasteiger partial charge in [0.05, 0.1) is 11.5 Å². The van der Waals surface area contributed by atoms with E-state index in [9.17, 15) is 9.18 Å². The Morgan fingerprint density at radius 3 is 2.80 bits per heavy atom. The van der Waals surface area contributed by atoms with Crippen molar-refractivity contribution in [3.8, 4) is 17.2 Å². The summed E-state index contributed by atoms with van der Waals surface area (Å²) in [6.45, 7) is 2.02. The summed E-state index contributed by atoms with van der Waals surface area (Å²) in [5.41, 5.74) is 1.47. The Kier molecular flexibility index (Phi) is 5.21. The van der Waals surface area contributed by atoms with E-state index in [1.165, 1.54) is 35.2 Å². The first-order chi connectivity index (χ1) is 12.0. The molecule has 0 fully saturated rings. The lowest BCUT2D eigenvalue weighted by atomic mass is 10.1. The van der Waals surface area contributed by atoms with E-state index in [0.29, 0.717) is 21.8 Å². The van der Waals surface area contributed by atoms with E-state index in [1.807, 2.05) is 12.3 Å². The number of thioether (sulfide) groups is 1. The van der Waals surface area contributed by atoms with Crippen molar-refractivity contribution in [2.45, 2.75) is 30.2 Å². The second-order valence-electron chi connectivity index (χ2n) is 5.72. The van der Waals surface area contributed by atoms with Gasteiger partial charge in [0.1, 0.15) is 10.6 Å². The fourth-order valence-electron chi connectivity index (χ4n) is 2.51. The molecule has 2 heterocycles. The SMILES string of the molecule is CC(CCC#N)Sc1nc2scc(-c3ccc(F)cc3)c2c(=O)n1C. The number of rotatable bonds is 5. The summed E-state index contributed by atoms with van der Waals surface area (Å²) in [5, 5.41) is 12.0. The number of fused-ring (bicyclic) bond motifs is 1. The summed E-state index contributed by atoms with van der Waals surface area (Å²) in [4.78, 5) is 18.2. The molecular weight excluding hydrogens is 357 g/mol. The van der Waals surface area contributed by atoms with E-state index in [1.54, 1.807) is 23.7 Å². The molecular formula is C18H16FN3OS2. The number of aromatic nitrogens is 2. The standard InChI is InChI=1S/C18H16FN3OS2/c1-11(4-3-9-20)25-18-21-16-15(17(23)22(18)2)14(10-24-16)12-5-7-13(19)8-6-12/h5-8,10-11H,3-4H2,1-2H3. The molecule has 0 bridgehead atoms. The van der Waals surface area contributed by atoms with Gasteiger partial charge in [-0.3, -0.25) is 9.36 Å². The second-order valence-corrected chi connectivity index (χ2v) is 7.98. The summed E-state index contributed by atoms with van der Waals surface area (Å²) in [6.07, 6.45) is 1.23. The van der Waals surface area contributed by atoms with Gasteiger partial charge in [-0.1, -0.05) is 30.8 Å². The van der Waals surface area contributed by atoms with Crippen molar-refractivity contribution in [1.82, 2.24) is 9.55 Å². The van der Waals surface area contributed by atoms with Gasteiger partial charge in [-0.05, 0) is 24.1 Å². The highest BCUT2D eigenvalue weighted by Gasteiger charge is 2.17. The van der Waals surface area contributed by atoms with Crippen LogP contribution in [0.1, 0.15) is 19.8 Å². The Morgan fingerprint density at radius 1 is 1.40 bits per heavy atom. The molecule has 1 unspecified atom stereocenters. The van der Waals surface area contributed by atoms with Gasteiger partial charge in [0.2, 0.25) is 0 Å². The minimum Gasteiger partial charge on any atom is -0.290 e. The average Bonchev–Trinajstić information content (AvgIpc) is 3.02. The highest BCUT2D eigenvalue weighted by molar-refractivity contribution is 7.99. The summed E-state index contributed by atoms with van der Waals surface area (Å²) in [7, 11) is 1.71. The number of nitrogens with zero attached hydrogens (tertiary/aromatic N) is 3. The number of hydrogen-bond acceptors (Lipinski definition) is 5. The molecule has 0 saturated carbocycles. The van der Waals surface area contributed by atoms with E-state index >= 15 is 0 Å². The van der Waals surface area contributed by atoms with Crippen molar-refractivity contribution >= 4 is 33.3 Å². The topological polar surface area (TPSA) is 58.7 Å². The van der Waals surface area contributed by atoms with Crippen molar-refractivity contribution in [3.63, 3.8) is 0 Å². The quantitative estimate of drug-likeness (QED) is 0.485. The minimum absolute atomic E-state index is 0.111. The predicted molar refractivity (Wildman–Crippen MR) is 100 cm³/mol.